The molecule has 11 heteroatoms. The number of carbonyl (C=O) groups excluding carboxylic acids is 1. The van der Waals surface area contributed by atoms with Crippen LogP contribution in [0.15, 0.2) is 30.5 Å². The lowest BCUT2D eigenvalue weighted by Crippen LogP contribution is -2.36. The number of alkyl halides is 3. The number of nitriles is 1. The van der Waals surface area contributed by atoms with Crippen molar-refractivity contribution in [1.29, 1.82) is 5.26 Å². The molecule has 1 aromatic carbocycles. The first-order valence-corrected chi connectivity index (χ1v) is 9.94. The van der Waals surface area contributed by atoms with E-state index in [1.54, 1.807) is 6.07 Å². The Kier molecular flexibility index (Phi) is 4.83. The third kappa shape index (κ3) is 3.48. The number of aromatic nitrogens is 2. The highest BCUT2D eigenvalue weighted by molar-refractivity contribution is 5.97. The lowest BCUT2D eigenvalue weighted by Gasteiger charge is -2.25. The van der Waals surface area contributed by atoms with Crippen LogP contribution in [0.1, 0.15) is 38.8 Å². The predicted molar refractivity (Wildman–Crippen MR) is 109 cm³/mol. The summed E-state index contributed by atoms with van der Waals surface area (Å²) < 4.78 is 50.0. The Hall–Kier alpha value is -3.91. The number of halogens is 3. The maximum Gasteiger partial charge on any atom is 0.416 e. The Morgan fingerprint density at radius 3 is 2.82 bits per heavy atom. The van der Waals surface area contributed by atoms with E-state index in [1.807, 2.05) is 6.07 Å². The van der Waals surface area contributed by atoms with E-state index in [9.17, 15) is 23.2 Å². The van der Waals surface area contributed by atoms with Crippen molar-refractivity contribution in [3.63, 3.8) is 0 Å². The summed E-state index contributed by atoms with van der Waals surface area (Å²) in [6.45, 7) is 0.281. The normalized spacial score (nSPS) is 16.7. The number of nitrogens with two attached hydrogens (primary N) is 1. The van der Waals surface area contributed by atoms with E-state index in [0.29, 0.717) is 35.5 Å². The van der Waals surface area contributed by atoms with Crippen LogP contribution in [-0.4, -0.2) is 33.9 Å². The molecule has 8 nitrogen and oxygen atoms in total. The number of pyridine rings is 2. The molecular weight excluding hydrogens is 439 g/mol. The van der Waals surface area contributed by atoms with Crippen molar-refractivity contribution in [3.05, 3.63) is 58.4 Å². The molecule has 0 saturated carbocycles. The number of anilines is 1. The first-order valence-electron chi connectivity index (χ1n) is 9.94. The van der Waals surface area contributed by atoms with Gasteiger partial charge in [0.15, 0.2) is 0 Å². The minimum absolute atomic E-state index is 0.0340. The minimum Gasteiger partial charge on any atom is -0.491 e. The zero-order chi connectivity index (χ0) is 23.3. The zero-order valence-corrected chi connectivity index (χ0v) is 17.0. The predicted octanol–water partition coefficient (Wildman–Crippen LogP) is 3.36. The smallest absolute Gasteiger partial charge is 0.416 e. The maximum atomic E-state index is 13.4. The fraction of sp³-hybridized carbons (Fsp3) is 0.273. The van der Waals surface area contributed by atoms with E-state index in [0.717, 1.165) is 23.3 Å². The molecule has 5 rings (SSSR count). The third-order valence-electron chi connectivity index (χ3n) is 5.81. The van der Waals surface area contributed by atoms with Gasteiger partial charge in [0.2, 0.25) is 0 Å². The van der Waals surface area contributed by atoms with Crippen molar-refractivity contribution in [2.75, 3.05) is 18.9 Å². The summed E-state index contributed by atoms with van der Waals surface area (Å²) >= 11 is 0. The number of ether oxygens (including phenoxy) is 2. The van der Waals surface area contributed by atoms with E-state index in [4.69, 9.17) is 15.2 Å². The molecule has 0 bridgehead atoms. The summed E-state index contributed by atoms with van der Waals surface area (Å²) in [5.74, 6) is -0.170. The average Bonchev–Trinajstić information content (AvgIpc) is 3.44. The molecule has 0 aliphatic carbocycles. The van der Waals surface area contributed by atoms with E-state index < -0.39 is 23.7 Å². The van der Waals surface area contributed by atoms with Crippen LogP contribution < -0.4 is 10.5 Å². The molecule has 2 aromatic heterocycles. The molecule has 0 fully saturated rings. The van der Waals surface area contributed by atoms with Crippen molar-refractivity contribution in [3.8, 4) is 11.8 Å². The van der Waals surface area contributed by atoms with Gasteiger partial charge in [0.1, 0.15) is 30.4 Å². The molecule has 4 heterocycles. The highest BCUT2D eigenvalue weighted by atomic mass is 19.4. The SMILES string of the molecule is N#CCN(C(=O)c1cc2c3c(c(N)nc2cn1)COC3)C1COc2cc(C(F)(F)F)ccc21. The van der Waals surface area contributed by atoms with Gasteiger partial charge in [0, 0.05) is 16.5 Å². The van der Waals surface area contributed by atoms with Gasteiger partial charge in [-0.25, -0.2) is 9.97 Å². The number of rotatable bonds is 3. The van der Waals surface area contributed by atoms with E-state index >= 15 is 0 Å². The second kappa shape index (κ2) is 7.60. The van der Waals surface area contributed by atoms with Gasteiger partial charge >= 0.3 is 6.18 Å². The van der Waals surface area contributed by atoms with Crippen LogP contribution in [0, 0.1) is 11.3 Å². The summed E-state index contributed by atoms with van der Waals surface area (Å²) in [5.41, 5.74) is 7.69. The standard InChI is InChI=1S/C22H16F3N5O3/c23-22(24,25)11-1-2-12-18(10-33-19(12)5-11)30(4-3-26)21(31)16-6-13-14-8-32-9-15(14)20(27)29-17(13)7-28-16/h1-2,5-7,18H,4,8-10H2,(H2,27,29). The summed E-state index contributed by atoms with van der Waals surface area (Å²) in [5, 5.41) is 10.00. The molecule has 0 saturated heterocycles. The fourth-order valence-corrected chi connectivity index (χ4v) is 4.17. The van der Waals surface area contributed by atoms with Crippen LogP contribution in [0.25, 0.3) is 10.9 Å². The summed E-state index contributed by atoms with van der Waals surface area (Å²) in [4.78, 5) is 23.1. The number of carbonyl (C=O) groups is 1. The number of fused-ring (bicyclic) bond motifs is 4. The largest absolute Gasteiger partial charge is 0.491 e. The van der Waals surface area contributed by atoms with Crippen LogP contribution in [-0.2, 0) is 24.1 Å². The average molecular weight is 455 g/mol. The van der Waals surface area contributed by atoms with Gasteiger partial charge in [-0.15, -0.1) is 0 Å². The van der Waals surface area contributed by atoms with E-state index in [-0.39, 0.29) is 24.6 Å². The van der Waals surface area contributed by atoms with Gasteiger partial charge < -0.3 is 20.1 Å². The Bertz CT molecular complexity index is 1340. The van der Waals surface area contributed by atoms with Gasteiger partial charge in [-0.2, -0.15) is 18.4 Å². The minimum atomic E-state index is -4.52. The van der Waals surface area contributed by atoms with Crippen LogP contribution >= 0.6 is 0 Å². The monoisotopic (exact) mass is 455 g/mol. The summed E-state index contributed by atoms with van der Waals surface area (Å²) in [6.07, 6.45) is -3.09. The van der Waals surface area contributed by atoms with Crippen molar-refractivity contribution in [1.82, 2.24) is 14.9 Å². The molecule has 33 heavy (non-hydrogen) atoms. The highest BCUT2D eigenvalue weighted by Gasteiger charge is 2.37. The molecule has 1 atom stereocenters. The first-order chi connectivity index (χ1) is 15.8. The van der Waals surface area contributed by atoms with Crippen LogP contribution in [0.3, 0.4) is 0 Å². The molecule has 1 unspecified atom stereocenters. The Balaban J connectivity index is 1.52. The molecule has 2 aliphatic rings. The quantitative estimate of drug-likeness (QED) is 0.603. The third-order valence-corrected chi connectivity index (χ3v) is 5.81. The van der Waals surface area contributed by atoms with Gasteiger partial charge in [-0.1, -0.05) is 6.07 Å². The second-order valence-corrected chi connectivity index (χ2v) is 7.70. The summed E-state index contributed by atoms with van der Waals surface area (Å²) in [6, 6.07) is 5.90. The number of amides is 1. The number of hydrogen-bond acceptors (Lipinski definition) is 7. The van der Waals surface area contributed by atoms with E-state index in [2.05, 4.69) is 9.97 Å². The fourth-order valence-electron chi connectivity index (χ4n) is 4.17. The maximum absolute atomic E-state index is 13.4. The zero-order valence-electron chi connectivity index (χ0n) is 17.0. The van der Waals surface area contributed by atoms with E-state index in [1.165, 1.54) is 17.2 Å². The molecule has 2 N–H and O–H groups in total. The van der Waals surface area contributed by atoms with Gasteiger partial charge in [0.05, 0.1) is 42.6 Å². The van der Waals surface area contributed by atoms with Crippen molar-refractivity contribution >= 4 is 22.6 Å². The molecule has 1 amide bonds. The van der Waals surface area contributed by atoms with Crippen molar-refractivity contribution < 1.29 is 27.4 Å². The number of hydrogen-bond donors (Lipinski definition) is 1. The van der Waals surface area contributed by atoms with Crippen LogP contribution in [0.5, 0.6) is 5.75 Å². The van der Waals surface area contributed by atoms with Gasteiger partial charge in [0.25, 0.3) is 5.91 Å². The molecular formula is C22H16F3N5O3. The lowest BCUT2D eigenvalue weighted by atomic mass is 10.0. The lowest BCUT2D eigenvalue weighted by molar-refractivity contribution is -0.137. The highest BCUT2D eigenvalue weighted by Crippen LogP contribution is 2.41. The van der Waals surface area contributed by atoms with Crippen LogP contribution in [0.4, 0.5) is 19.0 Å². The second-order valence-electron chi connectivity index (χ2n) is 7.70. The Morgan fingerprint density at radius 2 is 2.06 bits per heavy atom. The Labute approximate surface area is 185 Å². The number of nitrogen functional groups attached to an aromatic ring is 1. The van der Waals surface area contributed by atoms with Gasteiger partial charge in [-0.05, 0) is 23.8 Å². The molecule has 168 valence electrons. The van der Waals surface area contributed by atoms with Gasteiger partial charge in [-0.3, -0.25) is 4.79 Å². The molecule has 0 spiro atoms. The molecule has 3 aromatic rings. The Morgan fingerprint density at radius 1 is 1.27 bits per heavy atom. The van der Waals surface area contributed by atoms with Crippen molar-refractivity contribution in [2.24, 2.45) is 0 Å². The number of nitrogens with zero attached hydrogens (tertiary/aromatic N) is 4. The van der Waals surface area contributed by atoms with Crippen molar-refractivity contribution in [2.45, 2.75) is 25.4 Å². The topological polar surface area (TPSA) is 114 Å². The van der Waals surface area contributed by atoms with Crippen LogP contribution in [0.2, 0.25) is 0 Å². The summed E-state index contributed by atoms with van der Waals surface area (Å²) in [7, 11) is 0. The molecule has 0 radical (unpaired) electrons. The molecule has 2 aliphatic heterocycles. The first kappa shape index (κ1) is 21.0. The number of benzene rings is 1.